The summed E-state index contributed by atoms with van der Waals surface area (Å²) in [6.45, 7) is 0. The molecule has 0 saturated carbocycles. The van der Waals surface area contributed by atoms with Crippen LogP contribution in [0.2, 0.25) is 0 Å². The molecule has 2 N–H and O–H groups in total. The van der Waals surface area contributed by atoms with Crippen LogP contribution in [-0.4, -0.2) is 4.98 Å². The molecule has 0 amide bonds. The summed E-state index contributed by atoms with van der Waals surface area (Å²) in [5.74, 6) is 0.764. The number of rotatable bonds is 3. The van der Waals surface area contributed by atoms with Crippen molar-refractivity contribution in [3.05, 3.63) is 40.7 Å². The number of benzene rings is 1. The Labute approximate surface area is 100 Å². The van der Waals surface area contributed by atoms with E-state index in [2.05, 4.69) is 20.9 Å². The van der Waals surface area contributed by atoms with Crippen LogP contribution in [0.3, 0.4) is 0 Å². The number of thioether (sulfide) groups is 1. The molecule has 0 radical (unpaired) electrons. The van der Waals surface area contributed by atoms with Gasteiger partial charge in [0.1, 0.15) is 6.26 Å². The van der Waals surface area contributed by atoms with Gasteiger partial charge in [0.15, 0.2) is 0 Å². The molecule has 0 bridgehead atoms. The Morgan fingerprint density at radius 1 is 1.47 bits per heavy atom. The normalized spacial score (nSPS) is 10.5. The minimum atomic E-state index is 0.664. The van der Waals surface area contributed by atoms with Crippen molar-refractivity contribution in [2.75, 3.05) is 5.73 Å². The number of nitrogen functional groups attached to an aromatic ring is 1. The van der Waals surface area contributed by atoms with Gasteiger partial charge in [0, 0.05) is 15.9 Å². The van der Waals surface area contributed by atoms with Crippen molar-refractivity contribution in [1.29, 1.82) is 0 Å². The molecule has 0 unspecified atom stereocenters. The zero-order valence-corrected chi connectivity index (χ0v) is 10.2. The van der Waals surface area contributed by atoms with Gasteiger partial charge in [0.25, 0.3) is 5.22 Å². The highest BCUT2D eigenvalue weighted by Crippen LogP contribution is 2.26. The van der Waals surface area contributed by atoms with Crippen LogP contribution in [0.25, 0.3) is 0 Å². The maximum Gasteiger partial charge on any atom is 0.255 e. The number of nitrogens with zero attached hydrogens (tertiary/aromatic N) is 1. The number of halogens is 1. The Hall–Kier alpha value is -0.940. The molecule has 78 valence electrons. The average molecular weight is 285 g/mol. The molecule has 0 saturated heterocycles. The van der Waals surface area contributed by atoms with Crippen molar-refractivity contribution < 1.29 is 4.42 Å². The van der Waals surface area contributed by atoms with E-state index in [4.69, 9.17) is 10.2 Å². The van der Waals surface area contributed by atoms with Crippen LogP contribution in [0.5, 0.6) is 0 Å². The summed E-state index contributed by atoms with van der Waals surface area (Å²) in [5.41, 5.74) is 7.73. The minimum absolute atomic E-state index is 0.664. The van der Waals surface area contributed by atoms with E-state index >= 15 is 0 Å². The Morgan fingerprint density at radius 2 is 2.33 bits per heavy atom. The first-order chi connectivity index (χ1) is 7.25. The number of hydrogen-bond acceptors (Lipinski definition) is 4. The lowest BCUT2D eigenvalue weighted by atomic mass is 10.2. The summed E-state index contributed by atoms with van der Waals surface area (Å²) in [4.78, 5) is 4.02. The maximum atomic E-state index is 5.87. The van der Waals surface area contributed by atoms with E-state index in [9.17, 15) is 0 Å². The monoisotopic (exact) mass is 284 g/mol. The van der Waals surface area contributed by atoms with E-state index < -0.39 is 0 Å². The molecular weight excluding hydrogens is 276 g/mol. The highest BCUT2D eigenvalue weighted by atomic mass is 79.9. The first kappa shape index (κ1) is 10.6. The smallest absolute Gasteiger partial charge is 0.255 e. The average Bonchev–Trinajstić information content (AvgIpc) is 2.69. The van der Waals surface area contributed by atoms with Crippen LogP contribution < -0.4 is 5.73 Å². The molecular formula is C10H9BrN2OS. The number of nitrogens with two attached hydrogens (primary N) is 1. The molecule has 3 nitrogen and oxygen atoms in total. The molecule has 1 aromatic carbocycles. The highest BCUT2D eigenvalue weighted by Gasteiger charge is 2.03. The van der Waals surface area contributed by atoms with Crippen molar-refractivity contribution in [3.8, 4) is 0 Å². The van der Waals surface area contributed by atoms with E-state index in [1.54, 1.807) is 12.5 Å². The third-order valence-electron chi connectivity index (χ3n) is 1.87. The molecule has 1 aromatic heterocycles. The zero-order chi connectivity index (χ0) is 10.7. The van der Waals surface area contributed by atoms with E-state index in [0.717, 1.165) is 21.5 Å². The summed E-state index contributed by atoms with van der Waals surface area (Å²) in [6, 6.07) is 5.86. The maximum absolute atomic E-state index is 5.87. The van der Waals surface area contributed by atoms with Gasteiger partial charge >= 0.3 is 0 Å². The summed E-state index contributed by atoms with van der Waals surface area (Å²) < 4.78 is 6.11. The lowest BCUT2D eigenvalue weighted by molar-refractivity contribution is 0.454. The Balaban J connectivity index is 2.05. The lowest BCUT2D eigenvalue weighted by Gasteiger charge is -2.03. The van der Waals surface area contributed by atoms with Crippen LogP contribution in [0.1, 0.15) is 5.56 Å². The molecule has 2 rings (SSSR count). The second-order valence-electron chi connectivity index (χ2n) is 2.93. The third kappa shape index (κ3) is 2.76. The van der Waals surface area contributed by atoms with E-state index in [1.807, 2.05) is 18.2 Å². The van der Waals surface area contributed by atoms with Crippen LogP contribution >= 0.6 is 27.7 Å². The van der Waals surface area contributed by atoms with Crippen molar-refractivity contribution in [1.82, 2.24) is 4.98 Å². The Morgan fingerprint density at radius 3 is 3.00 bits per heavy atom. The standard InChI is InChI=1S/C10H9BrN2OS/c11-8-2-1-7(9(12)5-8)6-15-10-13-3-4-14-10/h1-5H,6,12H2. The topological polar surface area (TPSA) is 52.0 Å². The van der Waals surface area contributed by atoms with Crippen molar-refractivity contribution in [2.45, 2.75) is 11.0 Å². The molecule has 5 heteroatoms. The number of aromatic nitrogens is 1. The fourth-order valence-corrected chi connectivity index (χ4v) is 2.30. The first-order valence-corrected chi connectivity index (χ1v) is 6.10. The molecule has 0 aliphatic carbocycles. The molecule has 0 aliphatic heterocycles. The van der Waals surface area contributed by atoms with Crippen molar-refractivity contribution >= 4 is 33.4 Å². The van der Waals surface area contributed by atoms with Crippen LogP contribution in [0, 0.1) is 0 Å². The second kappa shape index (κ2) is 4.72. The predicted octanol–water partition coefficient (Wildman–Crippen LogP) is 3.31. The van der Waals surface area contributed by atoms with Gasteiger partial charge < -0.3 is 10.2 Å². The van der Waals surface area contributed by atoms with Gasteiger partial charge in [-0.2, -0.15) is 0 Å². The number of anilines is 1. The van der Waals surface area contributed by atoms with Crippen LogP contribution in [0.15, 0.2) is 44.8 Å². The molecule has 15 heavy (non-hydrogen) atoms. The van der Waals surface area contributed by atoms with Crippen LogP contribution in [-0.2, 0) is 5.75 Å². The second-order valence-corrected chi connectivity index (χ2v) is 4.77. The highest BCUT2D eigenvalue weighted by molar-refractivity contribution is 9.10. The van der Waals surface area contributed by atoms with Gasteiger partial charge in [-0.3, -0.25) is 0 Å². The predicted molar refractivity (Wildman–Crippen MR) is 64.6 cm³/mol. The van der Waals surface area contributed by atoms with Crippen molar-refractivity contribution in [2.24, 2.45) is 0 Å². The lowest BCUT2D eigenvalue weighted by Crippen LogP contribution is -1.92. The molecule has 0 atom stereocenters. The quantitative estimate of drug-likeness (QED) is 0.694. The van der Waals surface area contributed by atoms with Gasteiger partial charge in [-0.1, -0.05) is 33.8 Å². The van der Waals surface area contributed by atoms with E-state index in [1.165, 1.54) is 11.8 Å². The molecule has 1 heterocycles. The summed E-state index contributed by atoms with van der Waals surface area (Å²) >= 11 is 4.90. The fourth-order valence-electron chi connectivity index (χ4n) is 1.12. The first-order valence-electron chi connectivity index (χ1n) is 4.32. The molecule has 0 fully saturated rings. The van der Waals surface area contributed by atoms with E-state index in [0.29, 0.717) is 5.22 Å². The van der Waals surface area contributed by atoms with Gasteiger partial charge in [0.2, 0.25) is 0 Å². The van der Waals surface area contributed by atoms with Gasteiger partial charge in [0.05, 0.1) is 6.20 Å². The SMILES string of the molecule is Nc1cc(Br)ccc1CSc1ncco1. The zero-order valence-electron chi connectivity index (χ0n) is 7.81. The molecule has 0 aliphatic rings. The number of oxazole rings is 1. The van der Waals surface area contributed by atoms with Gasteiger partial charge in [-0.15, -0.1) is 0 Å². The summed E-state index contributed by atoms with van der Waals surface area (Å²) in [7, 11) is 0. The summed E-state index contributed by atoms with van der Waals surface area (Å²) in [5, 5.41) is 0.664. The van der Waals surface area contributed by atoms with Gasteiger partial charge in [-0.05, 0) is 17.7 Å². The summed E-state index contributed by atoms with van der Waals surface area (Å²) in [6.07, 6.45) is 3.19. The van der Waals surface area contributed by atoms with Gasteiger partial charge in [-0.25, -0.2) is 4.98 Å². The fraction of sp³-hybridized carbons (Fsp3) is 0.100. The minimum Gasteiger partial charge on any atom is -0.440 e. The Bertz CT molecular complexity index is 445. The van der Waals surface area contributed by atoms with Crippen molar-refractivity contribution in [3.63, 3.8) is 0 Å². The van der Waals surface area contributed by atoms with Crippen LogP contribution in [0.4, 0.5) is 5.69 Å². The van der Waals surface area contributed by atoms with E-state index in [-0.39, 0.29) is 0 Å². The largest absolute Gasteiger partial charge is 0.440 e. The molecule has 0 spiro atoms. The Kier molecular flexibility index (Phi) is 3.33. The third-order valence-corrected chi connectivity index (χ3v) is 3.27. The molecule has 2 aromatic rings. The number of hydrogen-bond donors (Lipinski definition) is 1.